The second kappa shape index (κ2) is 6.43. The van der Waals surface area contributed by atoms with Gasteiger partial charge in [0, 0.05) is 21.1 Å². The lowest BCUT2D eigenvalue weighted by Crippen LogP contribution is -2.12. The summed E-state index contributed by atoms with van der Waals surface area (Å²) in [5.74, 6) is 0.426. The first kappa shape index (κ1) is 14.9. The average Bonchev–Trinajstić information content (AvgIpc) is 2.62. The average molecular weight is 337 g/mol. The molecule has 0 spiro atoms. The van der Waals surface area contributed by atoms with Crippen molar-refractivity contribution >= 4 is 23.4 Å². The Balaban J connectivity index is 1.76. The first-order valence-corrected chi connectivity index (χ1v) is 9.13. The van der Waals surface area contributed by atoms with Crippen molar-refractivity contribution in [1.29, 1.82) is 0 Å². The van der Waals surface area contributed by atoms with Crippen molar-refractivity contribution in [3.05, 3.63) is 101 Å². The van der Waals surface area contributed by atoms with Gasteiger partial charge in [-0.15, -0.1) is 11.8 Å². The van der Waals surface area contributed by atoms with Crippen LogP contribution < -0.4 is 0 Å². The van der Waals surface area contributed by atoms with Crippen LogP contribution in [-0.2, 0) is 0 Å². The van der Waals surface area contributed by atoms with Crippen molar-refractivity contribution < 1.29 is 0 Å². The summed E-state index contributed by atoms with van der Waals surface area (Å²) in [6, 6.07) is 28.0. The van der Waals surface area contributed by atoms with Gasteiger partial charge in [0.25, 0.3) is 0 Å². The number of benzene rings is 3. The number of fused-ring (bicyclic) bond motifs is 1. The monoisotopic (exact) mass is 336 g/mol. The molecule has 1 aliphatic heterocycles. The number of hydrogen-bond donors (Lipinski definition) is 0. The number of rotatable bonds is 2. The van der Waals surface area contributed by atoms with Crippen LogP contribution in [-0.4, -0.2) is 0 Å². The maximum atomic E-state index is 6.07. The Morgan fingerprint density at radius 1 is 0.739 bits per heavy atom. The van der Waals surface area contributed by atoms with Crippen LogP contribution in [0.3, 0.4) is 0 Å². The summed E-state index contributed by atoms with van der Waals surface area (Å²) in [5, 5.41) is 1.29. The fourth-order valence-corrected chi connectivity index (χ4v) is 4.82. The van der Waals surface area contributed by atoms with Crippen LogP contribution in [0.2, 0.25) is 5.02 Å². The summed E-state index contributed by atoms with van der Waals surface area (Å²) in [6.45, 7) is 0. The van der Waals surface area contributed by atoms with Gasteiger partial charge >= 0.3 is 0 Å². The van der Waals surface area contributed by atoms with E-state index in [4.69, 9.17) is 11.6 Å². The molecule has 1 heterocycles. The maximum absolute atomic E-state index is 6.07. The van der Waals surface area contributed by atoms with Gasteiger partial charge in [0.15, 0.2) is 0 Å². The third kappa shape index (κ3) is 3.04. The van der Waals surface area contributed by atoms with Crippen LogP contribution in [0, 0.1) is 0 Å². The van der Waals surface area contributed by atoms with Crippen LogP contribution >= 0.6 is 23.4 Å². The van der Waals surface area contributed by atoms with E-state index in [1.165, 1.54) is 21.6 Å². The molecule has 23 heavy (non-hydrogen) atoms. The van der Waals surface area contributed by atoms with E-state index in [-0.39, 0.29) is 0 Å². The number of thioether (sulfide) groups is 1. The molecule has 2 heteroatoms. The van der Waals surface area contributed by atoms with E-state index >= 15 is 0 Å². The number of halogens is 1. The second-order valence-electron chi connectivity index (χ2n) is 5.89. The lowest BCUT2D eigenvalue weighted by atomic mass is 9.85. The van der Waals surface area contributed by atoms with Crippen molar-refractivity contribution in [2.24, 2.45) is 0 Å². The van der Waals surface area contributed by atoms with Gasteiger partial charge in [-0.05, 0) is 41.3 Å². The van der Waals surface area contributed by atoms with E-state index in [0.717, 1.165) is 11.4 Å². The van der Waals surface area contributed by atoms with E-state index in [1.807, 2.05) is 23.9 Å². The molecular weight excluding hydrogens is 320 g/mol. The maximum Gasteiger partial charge on any atom is 0.0406 e. The van der Waals surface area contributed by atoms with Crippen molar-refractivity contribution in [2.75, 3.05) is 0 Å². The summed E-state index contributed by atoms with van der Waals surface area (Å²) in [5.41, 5.74) is 4.20. The zero-order valence-corrected chi connectivity index (χ0v) is 14.2. The molecular formula is C21H17ClS. The zero-order valence-electron chi connectivity index (χ0n) is 12.7. The van der Waals surface area contributed by atoms with E-state index in [2.05, 4.69) is 66.7 Å². The Hall–Kier alpha value is -1.70. The SMILES string of the molecule is Clc1ccc([C@@H]2C[C@H](c3ccccc3)Sc3ccccc32)cc1. The quantitative estimate of drug-likeness (QED) is 0.501. The smallest absolute Gasteiger partial charge is 0.0406 e. The molecule has 3 aromatic rings. The molecule has 3 aromatic carbocycles. The fraction of sp³-hybridized carbons (Fsp3) is 0.143. The molecule has 2 atom stereocenters. The Bertz CT molecular complexity index is 796. The van der Waals surface area contributed by atoms with Gasteiger partial charge < -0.3 is 0 Å². The van der Waals surface area contributed by atoms with Crippen LogP contribution in [0.5, 0.6) is 0 Å². The topological polar surface area (TPSA) is 0 Å². The molecule has 0 radical (unpaired) electrons. The first-order valence-electron chi connectivity index (χ1n) is 7.87. The predicted octanol–water partition coefficient (Wildman–Crippen LogP) is 6.71. The minimum absolute atomic E-state index is 0.426. The summed E-state index contributed by atoms with van der Waals surface area (Å²) < 4.78 is 0. The molecule has 0 saturated heterocycles. The van der Waals surface area contributed by atoms with Crippen molar-refractivity contribution in [3.8, 4) is 0 Å². The Morgan fingerprint density at radius 3 is 2.22 bits per heavy atom. The molecule has 0 unspecified atom stereocenters. The largest absolute Gasteiger partial charge is 0.118 e. The van der Waals surface area contributed by atoms with Crippen molar-refractivity contribution in [2.45, 2.75) is 22.5 Å². The molecule has 0 N–H and O–H groups in total. The zero-order chi connectivity index (χ0) is 15.6. The molecule has 114 valence electrons. The Labute approximate surface area is 146 Å². The Kier molecular flexibility index (Phi) is 4.15. The normalized spacial score (nSPS) is 20.0. The summed E-state index contributed by atoms with van der Waals surface area (Å²) in [6.07, 6.45) is 1.12. The summed E-state index contributed by atoms with van der Waals surface area (Å²) >= 11 is 8.06. The lowest BCUT2D eigenvalue weighted by molar-refractivity contribution is 0.677. The molecule has 0 bridgehead atoms. The standard InChI is InChI=1S/C21H17ClS/c22-17-12-10-15(11-13-17)19-14-21(16-6-2-1-3-7-16)23-20-9-5-4-8-18(19)20/h1-13,19,21H,14H2/t19-,21+/m0/s1. The van der Waals surface area contributed by atoms with E-state index in [1.54, 1.807) is 0 Å². The third-order valence-electron chi connectivity index (χ3n) is 4.46. The van der Waals surface area contributed by atoms with E-state index in [0.29, 0.717) is 11.2 Å². The lowest BCUT2D eigenvalue weighted by Gasteiger charge is -2.31. The van der Waals surface area contributed by atoms with Crippen LogP contribution in [0.15, 0.2) is 83.8 Å². The minimum Gasteiger partial charge on any atom is -0.118 e. The molecule has 0 amide bonds. The highest BCUT2D eigenvalue weighted by Crippen LogP contribution is 2.51. The Morgan fingerprint density at radius 2 is 1.43 bits per heavy atom. The highest BCUT2D eigenvalue weighted by molar-refractivity contribution is 7.99. The minimum atomic E-state index is 0.426. The molecule has 0 nitrogen and oxygen atoms in total. The second-order valence-corrected chi connectivity index (χ2v) is 7.58. The molecule has 4 rings (SSSR count). The van der Waals surface area contributed by atoms with E-state index in [9.17, 15) is 0 Å². The molecule has 0 aliphatic carbocycles. The van der Waals surface area contributed by atoms with Crippen molar-refractivity contribution in [3.63, 3.8) is 0 Å². The van der Waals surface area contributed by atoms with Crippen LogP contribution in [0.1, 0.15) is 34.3 Å². The first-order chi connectivity index (χ1) is 11.3. The van der Waals surface area contributed by atoms with E-state index < -0.39 is 0 Å². The van der Waals surface area contributed by atoms with Gasteiger partial charge in [-0.25, -0.2) is 0 Å². The summed E-state index contributed by atoms with van der Waals surface area (Å²) in [7, 11) is 0. The molecule has 0 aromatic heterocycles. The van der Waals surface area contributed by atoms with Gasteiger partial charge in [0.2, 0.25) is 0 Å². The van der Waals surface area contributed by atoms with Gasteiger partial charge in [-0.2, -0.15) is 0 Å². The molecule has 0 fully saturated rings. The predicted molar refractivity (Wildman–Crippen MR) is 99.4 cm³/mol. The molecule has 1 aliphatic rings. The van der Waals surface area contributed by atoms with Crippen molar-refractivity contribution in [1.82, 2.24) is 0 Å². The van der Waals surface area contributed by atoms with Crippen LogP contribution in [0.25, 0.3) is 0 Å². The molecule has 0 saturated carbocycles. The highest BCUT2D eigenvalue weighted by Gasteiger charge is 2.29. The van der Waals surface area contributed by atoms with Gasteiger partial charge in [0.05, 0.1) is 0 Å². The van der Waals surface area contributed by atoms with Gasteiger partial charge in [-0.1, -0.05) is 72.3 Å². The fourth-order valence-electron chi connectivity index (χ4n) is 3.30. The van der Waals surface area contributed by atoms with Gasteiger partial charge in [-0.3, -0.25) is 0 Å². The van der Waals surface area contributed by atoms with Crippen LogP contribution in [0.4, 0.5) is 0 Å². The van der Waals surface area contributed by atoms with Gasteiger partial charge in [0.1, 0.15) is 0 Å². The third-order valence-corrected chi connectivity index (χ3v) is 6.08. The number of hydrogen-bond acceptors (Lipinski definition) is 1. The summed E-state index contributed by atoms with van der Waals surface area (Å²) in [4.78, 5) is 1.40. The highest BCUT2D eigenvalue weighted by atomic mass is 35.5.